The molecule has 2 nitrogen and oxygen atoms in total. The van der Waals surface area contributed by atoms with E-state index in [-0.39, 0.29) is 0 Å². The van der Waals surface area contributed by atoms with E-state index in [0.717, 1.165) is 36.7 Å². The average Bonchev–Trinajstić information content (AvgIpc) is 2.36. The Hall–Kier alpha value is -0.830. The molecule has 0 bridgehead atoms. The van der Waals surface area contributed by atoms with Crippen LogP contribution in [0.2, 0.25) is 0 Å². The lowest BCUT2D eigenvalue weighted by atomic mass is 10.0. The van der Waals surface area contributed by atoms with Crippen molar-refractivity contribution in [3.8, 4) is 11.5 Å². The van der Waals surface area contributed by atoms with Gasteiger partial charge in [-0.05, 0) is 42.2 Å². The molecule has 1 unspecified atom stereocenters. The Balaban J connectivity index is 2.77. The van der Waals surface area contributed by atoms with Crippen LogP contribution in [0.15, 0.2) is 18.2 Å². The molecule has 0 fully saturated rings. The molecule has 1 aromatic rings. The molecule has 0 saturated heterocycles. The summed E-state index contributed by atoms with van der Waals surface area (Å²) in [6.45, 7) is 5.01. The maximum atomic E-state index is 5.62. The highest BCUT2D eigenvalue weighted by Crippen LogP contribution is 2.29. The minimum Gasteiger partial charge on any atom is -0.493 e. The van der Waals surface area contributed by atoms with Crippen LogP contribution in [0, 0.1) is 5.92 Å². The van der Waals surface area contributed by atoms with Crippen LogP contribution in [0.25, 0.3) is 0 Å². The molecule has 0 aliphatic rings. The van der Waals surface area contributed by atoms with E-state index in [2.05, 4.69) is 38.6 Å². The summed E-state index contributed by atoms with van der Waals surface area (Å²) in [4.78, 5) is 0. The first-order chi connectivity index (χ1) is 8.21. The highest BCUT2D eigenvalue weighted by Gasteiger charge is 2.07. The van der Waals surface area contributed by atoms with Gasteiger partial charge < -0.3 is 9.47 Å². The van der Waals surface area contributed by atoms with Crippen molar-refractivity contribution in [2.75, 3.05) is 19.5 Å². The van der Waals surface area contributed by atoms with Crippen LogP contribution in [0.1, 0.15) is 25.8 Å². The van der Waals surface area contributed by atoms with Crippen LogP contribution in [0.3, 0.4) is 0 Å². The molecule has 3 heteroatoms. The van der Waals surface area contributed by atoms with Crippen LogP contribution in [-0.2, 0) is 6.42 Å². The number of benzene rings is 1. The lowest BCUT2D eigenvalue weighted by Gasteiger charge is -2.13. The predicted molar refractivity (Wildman–Crippen MR) is 75.5 cm³/mol. The Morgan fingerprint density at radius 3 is 2.65 bits per heavy atom. The zero-order valence-electron chi connectivity index (χ0n) is 10.9. The summed E-state index contributed by atoms with van der Waals surface area (Å²) in [6.07, 6.45) is 2.02. The van der Waals surface area contributed by atoms with Gasteiger partial charge in [0.15, 0.2) is 11.5 Å². The first-order valence-corrected chi connectivity index (χ1v) is 6.75. The van der Waals surface area contributed by atoms with Gasteiger partial charge in [-0.15, -0.1) is 0 Å². The van der Waals surface area contributed by atoms with Crippen molar-refractivity contribution in [3.63, 3.8) is 0 Å². The van der Waals surface area contributed by atoms with Gasteiger partial charge in [0.2, 0.25) is 0 Å². The summed E-state index contributed by atoms with van der Waals surface area (Å²) in [5.74, 6) is 3.13. The van der Waals surface area contributed by atoms with Crippen molar-refractivity contribution >= 4 is 12.6 Å². The highest BCUT2D eigenvalue weighted by molar-refractivity contribution is 7.80. The normalized spacial score (nSPS) is 12.2. The van der Waals surface area contributed by atoms with Crippen molar-refractivity contribution in [3.05, 3.63) is 23.8 Å². The maximum absolute atomic E-state index is 5.62. The molecule has 0 aromatic heterocycles. The van der Waals surface area contributed by atoms with Gasteiger partial charge in [-0.2, -0.15) is 12.6 Å². The van der Waals surface area contributed by atoms with Crippen LogP contribution >= 0.6 is 12.6 Å². The Morgan fingerprint density at radius 1 is 1.29 bits per heavy atom. The SMILES string of the molecule is CCCOc1ccc(CC(C)CS)cc1OC. The van der Waals surface area contributed by atoms with Gasteiger partial charge in [0.1, 0.15) is 0 Å². The van der Waals surface area contributed by atoms with Gasteiger partial charge in [-0.3, -0.25) is 0 Å². The fourth-order valence-corrected chi connectivity index (χ4v) is 1.77. The van der Waals surface area contributed by atoms with Gasteiger partial charge in [-0.25, -0.2) is 0 Å². The van der Waals surface area contributed by atoms with Gasteiger partial charge in [0, 0.05) is 0 Å². The second kappa shape index (κ2) is 7.49. The topological polar surface area (TPSA) is 18.5 Å². The van der Waals surface area contributed by atoms with Crippen molar-refractivity contribution in [2.45, 2.75) is 26.7 Å². The summed E-state index contributed by atoms with van der Waals surface area (Å²) in [5.41, 5.74) is 1.27. The van der Waals surface area contributed by atoms with Gasteiger partial charge in [0.25, 0.3) is 0 Å². The molecular weight excluding hydrogens is 232 g/mol. The molecule has 0 radical (unpaired) electrons. The molecule has 17 heavy (non-hydrogen) atoms. The molecule has 1 aromatic carbocycles. The average molecular weight is 254 g/mol. The van der Waals surface area contributed by atoms with E-state index in [1.807, 2.05) is 6.07 Å². The molecule has 0 amide bonds. The largest absolute Gasteiger partial charge is 0.493 e. The van der Waals surface area contributed by atoms with Crippen LogP contribution < -0.4 is 9.47 Å². The van der Waals surface area contributed by atoms with Crippen LogP contribution in [-0.4, -0.2) is 19.5 Å². The molecule has 0 spiro atoms. The molecule has 96 valence electrons. The second-order valence-corrected chi connectivity index (χ2v) is 4.69. The molecule has 1 atom stereocenters. The number of methoxy groups -OCH3 is 1. The number of thiol groups is 1. The summed E-state index contributed by atoms with van der Waals surface area (Å²) in [6, 6.07) is 6.16. The van der Waals surface area contributed by atoms with E-state index in [9.17, 15) is 0 Å². The van der Waals surface area contributed by atoms with E-state index < -0.39 is 0 Å². The predicted octanol–water partition coefficient (Wildman–Crippen LogP) is 3.59. The molecule has 0 aliphatic heterocycles. The second-order valence-electron chi connectivity index (χ2n) is 4.33. The summed E-state index contributed by atoms with van der Waals surface area (Å²) in [7, 11) is 1.68. The van der Waals surface area contributed by atoms with Crippen molar-refractivity contribution in [2.24, 2.45) is 5.92 Å². The quantitative estimate of drug-likeness (QED) is 0.750. The Labute approximate surface area is 110 Å². The molecule has 0 aliphatic carbocycles. The molecule has 0 heterocycles. The van der Waals surface area contributed by atoms with Crippen molar-refractivity contribution < 1.29 is 9.47 Å². The monoisotopic (exact) mass is 254 g/mol. The lowest BCUT2D eigenvalue weighted by molar-refractivity contribution is 0.294. The molecule has 0 N–H and O–H groups in total. The first-order valence-electron chi connectivity index (χ1n) is 6.11. The Bertz CT molecular complexity index is 339. The smallest absolute Gasteiger partial charge is 0.161 e. The zero-order valence-corrected chi connectivity index (χ0v) is 11.8. The van der Waals surface area contributed by atoms with Crippen molar-refractivity contribution in [1.82, 2.24) is 0 Å². The fourth-order valence-electron chi connectivity index (χ4n) is 1.64. The number of ether oxygens (including phenoxy) is 2. The molecule has 1 rings (SSSR count). The zero-order chi connectivity index (χ0) is 12.7. The Kier molecular flexibility index (Phi) is 6.27. The minimum atomic E-state index is 0.574. The third kappa shape index (κ3) is 4.50. The number of hydrogen-bond acceptors (Lipinski definition) is 3. The minimum absolute atomic E-state index is 0.574. The van der Waals surface area contributed by atoms with E-state index in [4.69, 9.17) is 9.47 Å². The van der Waals surface area contributed by atoms with E-state index in [0.29, 0.717) is 5.92 Å². The third-order valence-electron chi connectivity index (χ3n) is 2.59. The summed E-state index contributed by atoms with van der Waals surface area (Å²) in [5, 5.41) is 0. The standard InChI is InChI=1S/C14H22O2S/c1-4-7-16-13-6-5-12(8-11(2)10-17)9-14(13)15-3/h5-6,9,11,17H,4,7-8,10H2,1-3H3. The summed E-state index contributed by atoms with van der Waals surface area (Å²) < 4.78 is 11.0. The van der Waals surface area contributed by atoms with Crippen LogP contribution in [0.5, 0.6) is 11.5 Å². The van der Waals surface area contributed by atoms with Gasteiger partial charge in [-0.1, -0.05) is 19.9 Å². The maximum Gasteiger partial charge on any atom is 0.161 e. The fraction of sp³-hybridized carbons (Fsp3) is 0.571. The first kappa shape index (κ1) is 14.2. The van der Waals surface area contributed by atoms with E-state index in [1.165, 1.54) is 5.56 Å². The Morgan fingerprint density at radius 2 is 2.06 bits per heavy atom. The number of hydrogen-bond donors (Lipinski definition) is 1. The van der Waals surface area contributed by atoms with Crippen LogP contribution in [0.4, 0.5) is 0 Å². The van der Waals surface area contributed by atoms with Gasteiger partial charge in [0.05, 0.1) is 13.7 Å². The van der Waals surface area contributed by atoms with E-state index in [1.54, 1.807) is 7.11 Å². The highest BCUT2D eigenvalue weighted by atomic mass is 32.1. The van der Waals surface area contributed by atoms with Gasteiger partial charge >= 0.3 is 0 Å². The molecule has 0 saturated carbocycles. The lowest BCUT2D eigenvalue weighted by Crippen LogP contribution is -2.02. The van der Waals surface area contributed by atoms with Crippen molar-refractivity contribution in [1.29, 1.82) is 0 Å². The third-order valence-corrected chi connectivity index (χ3v) is 3.21. The molecular formula is C14H22O2S. The summed E-state index contributed by atoms with van der Waals surface area (Å²) >= 11 is 4.31. The van der Waals surface area contributed by atoms with E-state index >= 15 is 0 Å². The number of rotatable bonds is 7.